The maximum absolute atomic E-state index is 10.9. The van der Waals surface area contributed by atoms with Crippen molar-refractivity contribution in [1.29, 1.82) is 0 Å². The van der Waals surface area contributed by atoms with Gasteiger partial charge in [0.25, 0.3) is 0 Å². The van der Waals surface area contributed by atoms with Crippen LogP contribution in [0, 0.1) is 0 Å². The summed E-state index contributed by atoms with van der Waals surface area (Å²) in [6.45, 7) is 6.18. The first-order chi connectivity index (χ1) is 8.43. The first kappa shape index (κ1) is 14.3. The number of carbonyl (C=O) groups is 2. The van der Waals surface area contributed by atoms with Crippen LogP contribution in [0.4, 0.5) is 0 Å². The van der Waals surface area contributed by atoms with Crippen LogP contribution in [0.15, 0.2) is 30.9 Å². The zero-order chi connectivity index (χ0) is 13.7. The first-order valence-electron chi connectivity index (χ1n) is 5.21. The van der Waals surface area contributed by atoms with Gasteiger partial charge in [0.15, 0.2) is 0 Å². The van der Waals surface area contributed by atoms with Gasteiger partial charge in [-0.15, -0.1) is 0 Å². The molecular formula is C13H13ClO4. The minimum Gasteiger partial charge on any atom is -0.453 e. The molecule has 0 unspecified atom stereocenters. The van der Waals surface area contributed by atoms with E-state index in [-0.39, 0.29) is 10.8 Å². The molecule has 0 saturated heterocycles. The average Bonchev–Trinajstić information content (AvgIpc) is 2.28. The largest absolute Gasteiger partial charge is 0.453 e. The predicted molar refractivity (Wildman–Crippen MR) is 67.5 cm³/mol. The van der Waals surface area contributed by atoms with Gasteiger partial charge in [-0.2, -0.15) is 0 Å². The highest BCUT2D eigenvalue weighted by atomic mass is 35.5. The molecule has 1 atom stereocenters. The molecule has 1 aromatic rings. The number of benzene rings is 1. The number of esters is 2. The Balaban J connectivity index is 2.98. The predicted octanol–water partition coefficient (Wildman–Crippen LogP) is 3.06. The lowest BCUT2D eigenvalue weighted by atomic mass is 10.1. The van der Waals surface area contributed by atoms with Crippen molar-refractivity contribution in [3.05, 3.63) is 41.4 Å². The third-order valence-electron chi connectivity index (χ3n) is 2.05. The van der Waals surface area contributed by atoms with Crippen LogP contribution in [-0.2, 0) is 14.3 Å². The van der Waals surface area contributed by atoms with Crippen molar-refractivity contribution in [2.75, 3.05) is 0 Å². The summed E-state index contributed by atoms with van der Waals surface area (Å²) in [5.74, 6) is -0.608. The summed E-state index contributed by atoms with van der Waals surface area (Å²) in [4.78, 5) is 21.7. The zero-order valence-corrected chi connectivity index (χ0v) is 10.9. The lowest BCUT2D eigenvalue weighted by molar-refractivity contribution is -0.144. The SMILES string of the molecule is C=C[C@H](OC(C)=O)c1ccc(OC(C)=O)c(Cl)c1. The lowest BCUT2D eigenvalue weighted by Crippen LogP contribution is -2.07. The van der Waals surface area contributed by atoms with Crippen LogP contribution in [-0.4, -0.2) is 11.9 Å². The molecule has 1 rings (SSSR count). The molecule has 0 saturated carbocycles. The average molecular weight is 269 g/mol. The van der Waals surface area contributed by atoms with Crippen molar-refractivity contribution in [1.82, 2.24) is 0 Å². The summed E-state index contributed by atoms with van der Waals surface area (Å²) in [5, 5.41) is 0.265. The van der Waals surface area contributed by atoms with E-state index in [1.54, 1.807) is 18.2 Å². The van der Waals surface area contributed by atoms with Gasteiger partial charge in [0.1, 0.15) is 11.9 Å². The van der Waals surface area contributed by atoms with Gasteiger partial charge in [0, 0.05) is 13.8 Å². The van der Waals surface area contributed by atoms with E-state index in [0.29, 0.717) is 5.56 Å². The molecule has 5 heteroatoms. The van der Waals surface area contributed by atoms with E-state index in [2.05, 4.69) is 6.58 Å². The molecule has 0 fully saturated rings. The Kier molecular flexibility index (Phi) is 4.92. The summed E-state index contributed by atoms with van der Waals surface area (Å²) < 4.78 is 9.93. The van der Waals surface area contributed by atoms with Gasteiger partial charge in [0.2, 0.25) is 0 Å². The van der Waals surface area contributed by atoms with Crippen LogP contribution in [0.5, 0.6) is 5.75 Å². The van der Waals surface area contributed by atoms with Crippen LogP contribution >= 0.6 is 11.6 Å². The molecule has 0 aromatic heterocycles. The molecule has 18 heavy (non-hydrogen) atoms. The van der Waals surface area contributed by atoms with Crippen molar-refractivity contribution < 1.29 is 19.1 Å². The van der Waals surface area contributed by atoms with Crippen molar-refractivity contribution in [2.45, 2.75) is 20.0 Å². The number of hydrogen-bond donors (Lipinski definition) is 0. The zero-order valence-electron chi connectivity index (χ0n) is 10.1. The standard InChI is InChI=1S/C13H13ClO4/c1-4-12(17-8(2)15)10-5-6-13(11(14)7-10)18-9(3)16/h4-7,12H,1H2,2-3H3/t12-/m0/s1. The summed E-state index contributed by atoms with van der Waals surface area (Å²) >= 11 is 5.96. The molecule has 0 heterocycles. The fourth-order valence-corrected chi connectivity index (χ4v) is 1.59. The van der Waals surface area contributed by atoms with Crippen LogP contribution in [0.3, 0.4) is 0 Å². The Morgan fingerprint density at radius 1 is 1.33 bits per heavy atom. The van der Waals surface area contributed by atoms with Gasteiger partial charge in [-0.3, -0.25) is 9.59 Å². The topological polar surface area (TPSA) is 52.6 Å². The second kappa shape index (κ2) is 6.21. The van der Waals surface area contributed by atoms with E-state index in [4.69, 9.17) is 21.1 Å². The Morgan fingerprint density at radius 3 is 2.44 bits per heavy atom. The normalized spacial score (nSPS) is 11.5. The molecule has 0 aliphatic heterocycles. The van der Waals surface area contributed by atoms with Gasteiger partial charge >= 0.3 is 11.9 Å². The van der Waals surface area contributed by atoms with Crippen molar-refractivity contribution in [3.63, 3.8) is 0 Å². The Morgan fingerprint density at radius 2 is 2.00 bits per heavy atom. The lowest BCUT2D eigenvalue weighted by Gasteiger charge is -2.14. The molecular weight excluding hydrogens is 256 g/mol. The summed E-state index contributed by atoms with van der Waals surface area (Å²) in [6, 6.07) is 4.76. The monoisotopic (exact) mass is 268 g/mol. The van der Waals surface area contributed by atoms with Gasteiger partial charge < -0.3 is 9.47 Å². The molecule has 0 aliphatic carbocycles. The highest BCUT2D eigenvalue weighted by Gasteiger charge is 2.13. The molecule has 0 bridgehead atoms. The molecule has 0 radical (unpaired) electrons. The van der Waals surface area contributed by atoms with E-state index < -0.39 is 18.0 Å². The third-order valence-corrected chi connectivity index (χ3v) is 2.34. The maximum Gasteiger partial charge on any atom is 0.308 e. The number of rotatable bonds is 4. The number of halogens is 1. The Hall–Kier alpha value is -1.81. The molecule has 96 valence electrons. The van der Waals surface area contributed by atoms with Crippen LogP contribution < -0.4 is 4.74 Å². The van der Waals surface area contributed by atoms with E-state index in [1.807, 2.05) is 0 Å². The van der Waals surface area contributed by atoms with Gasteiger partial charge in [0.05, 0.1) is 5.02 Å². The second-order valence-electron chi connectivity index (χ2n) is 3.55. The Labute approximate surface area is 110 Å². The van der Waals surface area contributed by atoms with E-state index in [1.165, 1.54) is 19.9 Å². The third kappa shape index (κ3) is 3.89. The van der Waals surface area contributed by atoms with Crippen molar-refractivity contribution >= 4 is 23.5 Å². The number of hydrogen-bond acceptors (Lipinski definition) is 4. The smallest absolute Gasteiger partial charge is 0.308 e. The summed E-state index contributed by atoms with van der Waals surface area (Å²) in [6.07, 6.45) is 0.907. The van der Waals surface area contributed by atoms with Crippen LogP contribution in [0.25, 0.3) is 0 Å². The molecule has 0 N–H and O–H groups in total. The van der Waals surface area contributed by atoms with E-state index in [0.717, 1.165) is 0 Å². The van der Waals surface area contributed by atoms with Gasteiger partial charge in [-0.1, -0.05) is 24.2 Å². The van der Waals surface area contributed by atoms with Crippen molar-refractivity contribution in [2.24, 2.45) is 0 Å². The minimum atomic E-state index is -0.577. The fraction of sp³-hybridized carbons (Fsp3) is 0.231. The summed E-state index contributed by atoms with van der Waals surface area (Å²) in [5.41, 5.74) is 0.654. The highest BCUT2D eigenvalue weighted by molar-refractivity contribution is 6.32. The first-order valence-corrected chi connectivity index (χ1v) is 5.59. The number of carbonyl (C=O) groups excluding carboxylic acids is 2. The molecule has 1 aromatic carbocycles. The number of ether oxygens (including phenoxy) is 2. The van der Waals surface area contributed by atoms with Gasteiger partial charge in [-0.05, 0) is 23.8 Å². The quantitative estimate of drug-likeness (QED) is 0.478. The minimum absolute atomic E-state index is 0.263. The molecule has 4 nitrogen and oxygen atoms in total. The maximum atomic E-state index is 10.9. The Bertz CT molecular complexity index is 482. The van der Waals surface area contributed by atoms with Crippen LogP contribution in [0.1, 0.15) is 25.5 Å². The molecule has 0 aliphatic rings. The summed E-state index contributed by atoms with van der Waals surface area (Å²) in [7, 11) is 0. The van der Waals surface area contributed by atoms with Gasteiger partial charge in [-0.25, -0.2) is 0 Å². The second-order valence-corrected chi connectivity index (χ2v) is 3.96. The highest BCUT2D eigenvalue weighted by Crippen LogP contribution is 2.29. The van der Waals surface area contributed by atoms with Crippen LogP contribution in [0.2, 0.25) is 5.02 Å². The van der Waals surface area contributed by atoms with Crippen molar-refractivity contribution in [3.8, 4) is 5.75 Å². The fourth-order valence-electron chi connectivity index (χ4n) is 1.36. The van der Waals surface area contributed by atoms with E-state index in [9.17, 15) is 9.59 Å². The molecule has 0 amide bonds. The van der Waals surface area contributed by atoms with E-state index >= 15 is 0 Å². The molecule has 0 spiro atoms.